The number of hydrogen-bond acceptors (Lipinski definition) is 2. The van der Waals surface area contributed by atoms with Gasteiger partial charge < -0.3 is 10.1 Å². The molecule has 1 saturated heterocycles. The maximum absolute atomic E-state index is 13.0. The molecule has 1 atom stereocenters. The fourth-order valence-corrected chi connectivity index (χ4v) is 1.47. The maximum Gasteiger partial charge on any atom is 0.165 e. The van der Waals surface area contributed by atoms with Crippen molar-refractivity contribution < 1.29 is 9.13 Å². The van der Waals surface area contributed by atoms with Gasteiger partial charge in [0.25, 0.3) is 0 Å². The molecule has 1 aromatic carbocycles. The van der Waals surface area contributed by atoms with E-state index in [1.807, 2.05) is 0 Å². The van der Waals surface area contributed by atoms with Crippen LogP contribution in [-0.2, 0) is 0 Å². The molecule has 0 spiro atoms. The Hall–Kier alpha value is -0.800. The summed E-state index contributed by atoms with van der Waals surface area (Å²) in [7, 11) is 1.48. The van der Waals surface area contributed by atoms with Gasteiger partial charge in [-0.1, -0.05) is 6.07 Å². The molecular formula is C10H13ClFNO. The van der Waals surface area contributed by atoms with E-state index in [1.54, 1.807) is 12.1 Å². The molecule has 0 aliphatic carbocycles. The van der Waals surface area contributed by atoms with Gasteiger partial charge in [0.05, 0.1) is 7.11 Å². The van der Waals surface area contributed by atoms with Crippen LogP contribution in [0.4, 0.5) is 4.39 Å². The van der Waals surface area contributed by atoms with E-state index < -0.39 is 0 Å². The van der Waals surface area contributed by atoms with Crippen molar-refractivity contribution in [2.75, 3.05) is 13.7 Å². The molecule has 4 heteroatoms. The van der Waals surface area contributed by atoms with Crippen molar-refractivity contribution in [1.29, 1.82) is 0 Å². The van der Waals surface area contributed by atoms with Gasteiger partial charge in [-0.3, -0.25) is 0 Å². The van der Waals surface area contributed by atoms with Gasteiger partial charge in [0.2, 0.25) is 0 Å². The minimum atomic E-state index is -0.300. The lowest BCUT2D eigenvalue weighted by Gasteiger charge is -2.28. The monoisotopic (exact) mass is 217 g/mol. The lowest BCUT2D eigenvalue weighted by molar-refractivity contribution is 0.368. The second-order valence-electron chi connectivity index (χ2n) is 3.19. The number of rotatable bonds is 2. The van der Waals surface area contributed by atoms with Gasteiger partial charge in [0.15, 0.2) is 11.6 Å². The van der Waals surface area contributed by atoms with Crippen LogP contribution in [0.3, 0.4) is 0 Å². The summed E-state index contributed by atoms with van der Waals surface area (Å²) >= 11 is 0. The smallest absolute Gasteiger partial charge is 0.165 e. The van der Waals surface area contributed by atoms with E-state index in [2.05, 4.69) is 5.32 Å². The average molecular weight is 218 g/mol. The van der Waals surface area contributed by atoms with Gasteiger partial charge in [-0.2, -0.15) is 0 Å². The molecule has 1 N–H and O–H groups in total. The summed E-state index contributed by atoms with van der Waals surface area (Å²) < 4.78 is 17.9. The van der Waals surface area contributed by atoms with E-state index in [9.17, 15) is 4.39 Å². The third-order valence-corrected chi connectivity index (χ3v) is 2.40. The quantitative estimate of drug-likeness (QED) is 0.821. The molecule has 2 nitrogen and oxygen atoms in total. The number of hydrogen-bond donors (Lipinski definition) is 1. The summed E-state index contributed by atoms with van der Waals surface area (Å²) in [6, 6.07) is 5.39. The highest BCUT2D eigenvalue weighted by molar-refractivity contribution is 5.85. The number of halogens is 2. The SMILES string of the molecule is COc1cc([C@H]2CCN2)ccc1F.Cl. The second kappa shape index (κ2) is 4.62. The van der Waals surface area contributed by atoms with Gasteiger partial charge in [-0.15, -0.1) is 12.4 Å². The molecule has 0 aromatic heterocycles. The van der Waals surface area contributed by atoms with Crippen LogP contribution >= 0.6 is 12.4 Å². The first-order chi connectivity index (χ1) is 6.31. The van der Waals surface area contributed by atoms with Gasteiger partial charge in [-0.25, -0.2) is 4.39 Å². The Kier molecular flexibility index (Phi) is 3.72. The van der Waals surface area contributed by atoms with Crippen molar-refractivity contribution in [2.24, 2.45) is 0 Å². The van der Waals surface area contributed by atoms with E-state index in [0.29, 0.717) is 11.8 Å². The van der Waals surface area contributed by atoms with E-state index >= 15 is 0 Å². The number of methoxy groups -OCH3 is 1. The molecule has 78 valence electrons. The molecule has 1 fully saturated rings. The lowest BCUT2D eigenvalue weighted by Crippen LogP contribution is -2.34. The molecule has 0 radical (unpaired) electrons. The van der Waals surface area contributed by atoms with E-state index in [4.69, 9.17) is 4.74 Å². The highest BCUT2D eigenvalue weighted by Crippen LogP contribution is 2.27. The molecule has 0 unspecified atom stereocenters. The Morgan fingerprint density at radius 3 is 2.71 bits per heavy atom. The minimum Gasteiger partial charge on any atom is -0.494 e. The summed E-state index contributed by atoms with van der Waals surface area (Å²) in [5.41, 5.74) is 1.10. The first-order valence-corrected chi connectivity index (χ1v) is 4.38. The number of benzene rings is 1. The summed E-state index contributed by atoms with van der Waals surface area (Å²) in [4.78, 5) is 0. The largest absolute Gasteiger partial charge is 0.494 e. The van der Waals surface area contributed by atoms with Crippen LogP contribution in [-0.4, -0.2) is 13.7 Å². The van der Waals surface area contributed by atoms with Crippen LogP contribution in [0.25, 0.3) is 0 Å². The molecule has 0 bridgehead atoms. The van der Waals surface area contributed by atoms with Crippen molar-refractivity contribution >= 4 is 12.4 Å². The fraction of sp³-hybridized carbons (Fsp3) is 0.400. The van der Waals surface area contributed by atoms with Crippen LogP contribution in [0.5, 0.6) is 5.75 Å². The Morgan fingerprint density at radius 2 is 2.21 bits per heavy atom. The Bertz CT molecular complexity index is 315. The van der Waals surface area contributed by atoms with Crippen LogP contribution in [0.2, 0.25) is 0 Å². The van der Waals surface area contributed by atoms with Crippen molar-refractivity contribution in [3.05, 3.63) is 29.6 Å². The lowest BCUT2D eigenvalue weighted by atomic mass is 9.98. The highest BCUT2D eigenvalue weighted by Gasteiger charge is 2.19. The van der Waals surface area contributed by atoms with Crippen LogP contribution in [0, 0.1) is 5.82 Å². The van der Waals surface area contributed by atoms with Gasteiger partial charge in [0, 0.05) is 6.04 Å². The second-order valence-corrected chi connectivity index (χ2v) is 3.19. The molecule has 14 heavy (non-hydrogen) atoms. The van der Waals surface area contributed by atoms with Gasteiger partial charge in [0.1, 0.15) is 0 Å². The molecule has 0 saturated carbocycles. The van der Waals surface area contributed by atoms with E-state index in [0.717, 1.165) is 18.5 Å². The van der Waals surface area contributed by atoms with Crippen molar-refractivity contribution in [2.45, 2.75) is 12.5 Å². The van der Waals surface area contributed by atoms with Crippen LogP contribution < -0.4 is 10.1 Å². The van der Waals surface area contributed by atoms with Gasteiger partial charge in [-0.05, 0) is 30.7 Å². The number of nitrogens with one attached hydrogen (secondary N) is 1. The molecular weight excluding hydrogens is 205 g/mol. The topological polar surface area (TPSA) is 21.3 Å². The molecule has 0 amide bonds. The zero-order valence-corrected chi connectivity index (χ0v) is 8.73. The Balaban J connectivity index is 0.000000980. The molecule has 2 rings (SSSR count). The van der Waals surface area contributed by atoms with E-state index in [1.165, 1.54) is 13.2 Å². The average Bonchev–Trinajstić information content (AvgIpc) is 2.05. The van der Waals surface area contributed by atoms with Gasteiger partial charge >= 0.3 is 0 Å². The standard InChI is InChI=1S/C10H12FNO.ClH/c1-13-10-6-7(2-3-8(10)11)9-4-5-12-9;/h2-3,6,9,12H,4-5H2,1H3;1H/t9-;/m1./s1. The summed E-state index contributed by atoms with van der Waals surface area (Å²) in [6.45, 7) is 1.05. The zero-order chi connectivity index (χ0) is 9.26. The summed E-state index contributed by atoms with van der Waals surface area (Å²) in [6.07, 6.45) is 1.12. The summed E-state index contributed by atoms with van der Waals surface area (Å²) in [5.74, 6) is 0.0248. The fourth-order valence-electron chi connectivity index (χ4n) is 1.47. The third kappa shape index (κ3) is 1.99. The zero-order valence-electron chi connectivity index (χ0n) is 7.92. The number of ether oxygens (including phenoxy) is 1. The van der Waals surface area contributed by atoms with Crippen molar-refractivity contribution in [3.8, 4) is 5.75 Å². The third-order valence-electron chi connectivity index (χ3n) is 2.40. The minimum absolute atomic E-state index is 0. The first-order valence-electron chi connectivity index (χ1n) is 4.38. The first kappa shape index (κ1) is 11.3. The highest BCUT2D eigenvalue weighted by atomic mass is 35.5. The van der Waals surface area contributed by atoms with Crippen LogP contribution in [0.1, 0.15) is 18.0 Å². The Morgan fingerprint density at radius 1 is 1.50 bits per heavy atom. The maximum atomic E-state index is 13.0. The normalized spacial score (nSPS) is 19.4. The molecule has 1 heterocycles. The van der Waals surface area contributed by atoms with E-state index in [-0.39, 0.29) is 18.2 Å². The molecule has 1 aliphatic rings. The van der Waals surface area contributed by atoms with Crippen molar-refractivity contribution in [1.82, 2.24) is 5.32 Å². The predicted molar refractivity (Wildman–Crippen MR) is 55.6 cm³/mol. The summed E-state index contributed by atoms with van der Waals surface area (Å²) in [5, 5.41) is 3.25. The molecule has 1 aliphatic heterocycles. The Labute approximate surface area is 88.9 Å². The van der Waals surface area contributed by atoms with Crippen LogP contribution in [0.15, 0.2) is 18.2 Å². The molecule has 1 aromatic rings. The van der Waals surface area contributed by atoms with Crippen molar-refractivity contribution in [3.63, 3.8) is 0 Å². The predicted octanol–water partition coefficient (Wildman–Crippen LogP) is 2.29.